The molecule has 0 bridgehead atoms. The number of rotatable bonds is 4. The lowest BCUT2D eigenvalue weighted by Crippen LogP contribution is -2.15. The molecule has 2 aromatic carbocycles. The zero-order chi connectivity index (χ0) is 17.4. The van der Waals surface area contributed by atoms with E-state index in [0.717, 1.165) is 18.2 Å². The summed E-state index contributed by atoms with van der Waals surface area (Å²) in [5, 5.41) is 11.1. The molecule has 0 amide bonds. The summed E-state index contributed by atoms with van der Waals surface area (Å²) in [6, 6.07) is 5.44. The first kappa shape index (κ1) is 17.2. The molecule has 0 aliphatic rings. The fourth-order valence-corrected chi connectivity index (χ4v) is 3.54. The maximum absolute atomic E-state index is 13.8. The molecule has 0 fully saturated rings. The van der Waals surface area contributed by atoms with Crippen LogP contribution in [0.25, 0.3) is 0 Å². The highest BCUT2D eigenvalue weighted by molar-refractivity contribution is 7.92. The number of benzene rings is 2. The van der Waals surface area contributed by atoms with Gasteiger partial charge in [-0.3, -0.25) is 14.8 Å². The standard InChI is InChI=1S/C14H12ClFN2O4S/c1-8-6-14(9(2)5-11(8)15)23(21,22)17-13-7-10(18(19)20)3-4-12(13)16/h3-7,17H,1-2H3. The normalized spacial score (nSPS) is 11.3. The Balaban J connectivity index is 2.49. The Hall–Kier alpha value is -2.19. The number of hydrogen-bond donors (Lipinski definition) is 1. The van der Waals surface area contributed by atoms with E-state index in [1.165, 1.54) is 12.1 Å². The van der Waals surface area contributed by atoms with Crippen molar-refractivity contribution >= 4 is 33.0 Å². The van der Waals surface area contributed by atoms with Crippen molar-refractivity contribution in [3.05, 3.63) is 62.4 Å². The molecule has 0 saturated heterocycles. The summed E-state index contributed by atoms with van der Waals surface area (Å²) in [7, 11) is -4.12. The van der Waals surface area contributed by atoms with Gasteiger partial charge in [0.15, 0.2) is 0 Å². The predicted molar refractivity (Wildman–Crippen MR) is 84.8 cm³/mol. The highest BCUT2D eigenvalue weighted by atomic mass is 35.5. The van der Waals surface area contributed by atoms with E-state index in [4.69, 9.17) is 11.6 Å². The van der Waals surface area contributed by atoms with Crippen molar-refractivity contribution in [3.8, 4) is 0 Å². The molecule has 0 atom stereocenters. The molecule has 2 aromatic rings. The van der Waals surface area contributed by atoms with Crippen LogP contribution in [0, 0.1) is 29.8 Å². The van der Waals surface area contributed by atoms with Crippen LogP contribution in [-0.4, -0.2) is 13.3 Å². The van der Waals surface area contributed by atoms with E-state index in [0.29, 0.717) is 16.1 Å². The number of nitrogens with one attached hydrogen (secondary N) is 1. The molecule has 0 spiro atoms. The Bertz CT molecular complexity index is 900. The molecule has 9 heteroatoms. The van der Waals surface area contributed by atoms with Gasteiger partial charge in [0.05, 0.1) is 15.5 Å². The third-order valence-corrected chi connectivity index (χ3v) is 5.07. The van der Waals surface area contributed by atoms with Crippen LogP contribution in [0.15, 0.2) is 35.2 Å². The lowest BCUT2D eigenvalue weighted by Gasteiger charge is -2.12. The molecule has 122 valence electrons. The van der Waals surface area contributed by atoms with E-state index < -0.39 is 32.1 Å². The van der Waals surface area contributed by atoms with Gasteiger partial charge in [-0.15, -0.1) is 0 Å². The predicted octanol–water partition coefficient (Wildman–Crippen LogP) is 3.80. The second-order valence-corrected chi connectivity index (χ2v) is 6.95. The summed E-state index contributed by atoms with van der Waals surface area (Å²) in [5.74, 6) is -0.914. The molecule has 0 aliphatic heterocycles. The van der Waals surface area contributed by atoms with Gasteiger partial charge in [0.1, 0.15) is 5.82 Å². The van der Waals surface area contributed by atoms with Crippen molar-refractivity contribution in [1.29, 1.82) is 0 Å². The second-order valence-electron chi connectivity index (χ2n) is 4.89. The zero-order valence-corrected chi connectivity index (χ0v) is 13.7. The van der Waals surface area contributed by atoms with E-state index >= 15 is 0 Å². The lowest BCUT2D eigenvalue weighted by molar-refractivity contribution is -0.384. The highest BCUT2D eigenvalue weighted by Crippen LogP contribution is 2.28. The Kier molecular flexibility index (Phi) is 4.58. The van der Waals surface area contributed by atoms with Crippen LogP contribution < -0.4 is 4.72 Å². The van der Waals surface area contributed by atoms with Crippen molar-refractivity contribution in [1.82, 2.24) is 0 Å². The maximum atomic E-state index is 13.8. The van der Waals surface area contributed by atoms with Gasteiger partial charge < -0.3 is 0 Å². The Morgan fingerprint density at radius 1 is 1.17 bits per heavy atom. The first-order valence-corrected chi connectivity index (χ1v) is 8.21. The number of halogens is 2. The van der Waals surface area contributed by atoms with Crippen LogP contribution in [-0.2, 0) is 10.0 Å². The fraction of sp³-hybridized carbons (Fsp3) is 0.143. The van der Waals surface area contributed by atoms with Crippen LogP contribution in [0.2, 0.25) is 5.02 Å². The molecule has 0 heterocycles. The van der Waals surface area contributed by atoms with Gasteiger partial charge >= 0.3 is 0 Å². The molecule has 0 unspecified atom stereocenters. The van der Waals surface area contributed by atoms with Crippen molar-refractivity contribution in [3.63, 3.8) is 0 Å². The summed E-state index contributed by atoms with van der Waals surface area (Å²) >= 11 is 5.93. The van der Waals surface area contributed by atoms with Crippen LogP contribution in [0.4, 0.5) is 15.8 Å². The number of sulfonamides is 1. The summed E-state index contributed by atoms with van der Waals surface area (Å²) in [5.41, 5.74) is -0.00425. The van der Waals surface area contributed by atoms with Gasteiger partial charge in [-0.1, -0.05) is 11.6 Å². The minimum atomic E-state index is -4.12. The molecule has 0 aliphatic carbocycles. The number of nitrogens with zero attached hydrogens (tertiary/aromatic N) is 1. The number of hydrogen-bond acceptors (Lipinski definition) is 4. The van der Waals surface area contributed by atoms with Gasteiger partial charge in [-0.05, 0) is 43.2 Å². The smallest absolute Gasteiger partial charge is 0.271 e. The van der Waals surface area contributed by atoms with Crippen molar-refractivity contribution in [2.45, 2.75) is 18.7 Å². The van der Waals surface area contributed by atoms with Gasteiger partial charge in [0, 0.05) is 17.2 Å². The van der Waals surface area contributed by atoms with E-state index in [9.17, 15) is 22.9 Å². The van der Waals surface area contributed by atoms with Crippen LogP contribution in [0.3, 0.4) is 0 Å². The van der Waals surface area contributed by atoms with E-state index in [-0.39, 0.29) is 4.90 Å². The molecule has 0 radical (unpaired) electrons. The molecular formula is C14H12ClFN2O4S. The number of anilines is 1. The first-order chi connectivity index (χ1) is 10.6. The third kappa shape index (κ3) is 3.59. The highest BCUT2D eigenvalue weighted by Gasteiger charge is 2.21. The third-order valence-electron chi connectivity index (χ3n) is 3.15. The summed E-state index contributed by atoms with van der Waals surface area (Å²) in [6.45, 7) is 3.18. The molecule has 0 aromatic heterocycles. The van der Waals surface area contributed by atoms with Gasteiger partial charge in [0.2, 0.25) is 0 Å². The number of nitro groups is 1. The Morgan fingerprint density at radius 3 is 2.43 bits per heavy atom. The first-order valence-electron chi connectivity index (χ1n) is 6.35. The Labute approximate surface area is 137 Å². The van der Waals surface area contributed by atoms with Crippen molar-refractivity contribution in [2.75, 3.05) is 4.72 Å². The SMILES string of the molecule is Cc1cc(S(=O)(=O)Nc2cc([N+](=O)[O-])ccc2F)c(C)cc1Cl. The molecular weight excluding hydrogens is 347 g/mol. The number of aryl methyl sites for hydroxylation is 2. The topological polar surface area (TPSA) is 89.3 Å². The maximum Gasteiger partial charge on any atom is 0.271 e. The largest absolute Gasteiger partial charge is 0.276 e. The summed E-state index contributed by atoms with van der Waals surface area (Å²) in [6.07, 6.45) is 0. The van der Waals surface area contributed by atoms with Crippen LogP contribution >= 0.6 is 11.6 Å². The number of non-ortho nitro benzene ring substituents is 1. The Morgan fingerprint density at radius 2 is 1.83 bits per heavy atom. The minimum Gasteiger partial charge on any atom is -0.276 e. The second kappa shape index (κ2) is 6.13. The summed E-state index contributed by atoms with van der Waals surface area (Å²) < 4.78 is 40.6. The quantitative estimate of drug-likeness (QED) is 0.664. The number of nitro benzene ring substituents is 1. The minimum absolute atomic E-state index is 0.0784. The van der Waals surface area contributed by atoms with Crippen molar-refractivity contribution < 1.29 is 17.7 Å². The van der Waals surface area contributed by atoms with Gasteiger partial charge in [-0.2, -0.15) is 0 Å². The zero-order valence-electron chi connectivity index (χ0n) is 12.1. The van der Waals surface area contributed by atoms with E-state index in [2.05, 4.69) is 0 Å². The molecule has 23 heavy (non-hydrogen) atoms. The summed E-state index contributed by atoms with van der Waals surface area (Å²) in [4.78, 5) is 9.91. The fourth-order valence-electron chi connectivity index (χ4n) is 1.95. The molecule has 2 rings (SSSR count). The molecule has 1 N–H and O–H groups in total. The van der Waals surface area contributed by atoms with E-state index in [1.807, 2.05) is 4.72 Å². The lowest BCUT2D eigenvalue weighted by atomic mass is 10.2. The van der Waals surface area contributed by atoms with Gasteiger partial charge in [0.25, 0.3) is 15.7 Å². The molecule has 6 nitrogen and oxygen atoms in total. The monoisotopic (exact) mass is 358 g/mol. The molecule has 0 saturated carbocycles. The van der Waals surface area contributed by atoms with Gasteiger partial charge in [-0.25, -0.2) is 12.8 Å². The van der Waals surface area contributed by atoms with Crippen LogP contribution in [0.1, 0.15) is 11.1 Å². The average Bonchev–Trinajstić information content (AvgIpc) is 2.44. The van der Waals surface area contributed by atoms with E-state index in [1.54, 1.807) is 13.8 Å². The average molecular weight is 359 g/mol. The van der Waals surface area contributed by atoms with Crippen LogP contribution in [0.5, 0.6) is 0 Å². The van der Waals surface area contributed by atoms with Crippen molar-refractivity contribution in [2.24, 2.45) is 0 Å².